The van der Waals surface area contributed by atoms with Gasteiger partial charge in [-0.2, -0.15) is 0 Å². The van der Waals surface area contributed by atoms with Crippen LogP contribution in [-0.4, -0.2) is 113 Å². The molecule has 9 atom stereocenters. The Morgan fingerprint density at radius 1 is 0.689 bits per heavy atom. The minimum atomic E-state index is -1.15. The highest BCUT2D eigenvalue weighted by molar-refractivity contribution is 5.91. The molecule has 2 fully saturated rings. The molecule has 0 bridgehead atoms. The van der Waals surface area contributed by atoms with Gasteiger partial charge in [-0.1, -0.05) is 81.3 Å². The van der Waals surface area contributed by atoms with Crippen LogP contribution in [0.4, 0.5) is 0 Å². The molecule has 3 aromatic carbocycles. The fraction of sp³-hybridized carbons (Fsp3) is 0.491. The van der Waals surface area contributed by atoms with Gasteiger partial charge in [-0.3, -0.25) is 28.7 Å². The van der Waals surface area contributed by atoms with E-state index in [0.29, 0.717) is 61.8 Å². The number of hydrogen-bond acceptors (Lipinski definition) is 15. The molecule has 1 saturated heterocycles. The number of nitrogens with one attached hydrogen (secondary N) is 2. The normalized spacial score (nSPS) is 22.3. The van der Waals surface area contributed by atoms with Crippen molar-refractivity contribution >= 4 is 35.8 Å². The molecular weight excluding hydrogens is 959 g/mol. The maximum Gasteiger partial charge on any atom is 0.338 e. The standard InChI is InChI=1S/C55H67N3O16/c1-4-41-48(72-45(62)28-27-44(60)61)49(51(71-41)58-33-35(2)50(63)57-55(58)67)69-31-18-6-5-17-29-56-43(59)26-16-19-30-68-42-32-40(34-70-52(64)37-20-10-7-11-21-37)47(74-54(66)39-24-14-9-15-25-39)46(36(42)3)73-53(65)38-22-12-8-13-23-38/h7-15,20-25,33,36,40-42,46-49,51H,4-6,16-19,26-32,34H2,1-3H3,(H,56,59)(H,60,61)(H,57,63,67)/t36-,40+,41+,42+,46+,47-,48?,49-,51+/m0/s1. The van der Waals surface area contributed by atoms with E-state index in [1.165, 1.54) is 10.8 Å². The molecule has 4 aromatic rings. The number of aromatic amines is 1. The van der Waals surface area contributed by atoms with Gasteiger partial charge in [0.15, 0.2) is 12.3 Å². The number of carboxylic acids is 1. The number of aromatic nitrogens is 2. The van der Waals surface area contributed by atoms with E-state index in [4.69, 9.17) is 38.3 Å². The number of benzene rings is 3. The first-order chi connectivity index (χ1) is 35.7. The summed E-state index contributed by atoms with van der Waals surface area (Å²) in [5.41, 5.74) is -0.0144. The molecule has 2 aliphatic rings. The zero-order chi connectivity index (χ0) is 53.0. The van der Waals surface area contributed by atoms with E-state index in [-0.39, 0.29) is 44.1 Å². The van der Waals surface area contributed by atoms with E-state index >= 15 is 0 Å². The lowest BCUT2D eigenvalue weighted by Crippen LogP contribution is -2.54. The first-order valence-corrected chi connectivity index (χ1v) is 25.4. The zero-order valence-corrected chi connectivity index (χ0v) is 42.1. The van der Waals surface area contributed by atoms with Gasteiger partial charge in [0.25, 0.3) is 5.56 Å². The first kappa shape index (κ1) is 56.3. The second-order valence-electron chi connectivity index (χ2n) is 18.6. The molecule has 0 radical (unpaired) electrons. The number of aliphatic carboxylic acids is 1. The molecule has 1 amide bonds. The van der Waals surface area contributed by atoms with Gasteiger partial charge in [-0.15, -0.1) is 0 Å². The summed E-state index contributed by atoms with van der Waals surface area (Å²) in [5, 5.41) is 12.0. The summed E-state index contributed by atoms with van der Waals surface area (Å²) < 4.78 is 43.8. The molecule has 1 saturated carbocycles. The maximum atomic E-state index is 13.6. The third-order valence-electron chi connectivity index (χ3n) is 13.1. The van der Waals surface area contributed by atoms with E-state index in [0.717, 1.165) is 12.8 Å². The molecule has 3 N–H and O–H groups in total. The van der Waals surface area contributed by atoms with Gasteiger partial charge in [0.2, 0.25) is 5.91 Å². The van der Waals surface area contributed by atoms with Crippen LogP contribution in [0.15, 0.2) is 107 Å². The largest absolute Gasteiger partial charge is 0.481 e. The van der Waals surface area contributed by atoms with Gasteiger partial charge >= 0.3 is 35.5 Å². The molecule has 1 unspecified atom stereocenters. The van der Waals surface area contributed by atoms with E-state index in [1.807, 2.05) is 13.8 Å². The van der Waals surface area contributed by atoms with Gasteiger partial charge in [-0.05, 0) is 81.8 Å². The van der Waals surface area contributed by atoms with E-state index < -0.39 is 102 Å². The average molecular weight is 1030 g/mol. The summed E-state index contributed by atoms with van der Waals surface area (Å²) in [5.74, 6) is -4.84. The summed E-state index contributed by atoms with van der Waals surface area (Å²) in [4.78, 5) is 104. The molecule has 1 aliphatic heterocycles. The average Bonchev–Trinajstić information content (AvgIpc) is 3.74. The number of unbranched alkanes of at least 4 members (excludes halogenated alkanes) is 4. The van der Waals surface area contributed by atoms with Crippen LogP contribution in [0.5, 0.6) is 0 Å². The number of carbonyl (C=O) groups is 6. The third kappa shape index (κ3) is 16.3. The minimum Gasteiger partial charge on any atom is -0.481 e. The van der Waals surface area contributed by atoms with Crippen molar-refractivity contribution in [1.29, 1.82) is 0 Å². The fourth-order valence-electron chi connectivity index (χ4n) is 9.03. The van der Waals surface area contributed by atoms with Crippen LogP contribution in [0.25, 0.3) is 0 Å². The first-order valence-electron chi connectivity index (χ1n) is 25.4. The van der Waals surface area contributed by atoms with E-state index in [9.17, 15) is 38.4 Å². The molecule has 398 valence electrons. The molecule has 2 heterocycles. The second-order valence-corrected chi connectivity index (χ2v) is 18.6. The van der Waals surface area contributed by atoms with E-state index in [2.05, 4.69) is 10.3 Å². The van der Waals surface area contributed by atoms with Crippen LogP contribution in [0, 0.1) is 18.8 Å². The SMILES string of the molecule is CC[C@H]1O[C@@H](n2cc(C)c(=O)[nH]c2=O)[C@@H](OCCCCCCNC(=O)CCCCO[C@@H]2C[C@H](COC(=O)c3ccccc3)[C@H](OC(=O)c3ccccc3)[C@H](OC(=O)c3ccccc3)[C@H]2C)C1OC(=O)CCC(=O)O. The third-order valence-corrected chi connectivity index (χ3v) is 13.1. The summed E-state index contributed by atoms with van der Waals surface area (Å²) in [7, 11) is 0. The number of nitrogens with zero attached hydrogens (tertiary/aromatic N) is 1. The smallest absolute Gasteiger partial charge is 0.338 e. The minimum absolute atomic E-state index is 0.106. The number of carbonyl (C=O) groups excluding carboxylic acids is 5. The Morgan fingerprint density at radius 3 is 1.89 bits per heavy atom. The Hall–Kier alpha value is -6.96. The van der Waals surface area contributed by atoms with Gasteiger partial charge in [0, 0.05) is 49.8 Å². The highest BCUT2D eigenvalue weighted by Gasteiger charge is 2.50. The molecule has 1 aromatic heterocycles. The number of carboxylic acid groups (broad SMARTS) is 1. The number of rotatable bonds is 27. The second kappa shape index (κ2) is 28.5. The number of aryl methyl sites for hydroxylation is 1. The Morgan fingerprint density at radius 2 is 1.27 bits per heavy atom. The van der Waals surface area contributed by atoms with Gasteiger partial charge < -0.3 is 43.6 Å². The number of amides is 1. The number of hydrogen-bond donors (Lipinski definition) is 3. The number of H-pyrrole nitrogens is 1. The topological polar surface area (TPSA) is 254 Å². The lowest BCUT2D eigenvalue weighted by atomic mass is 9.76. The van der Waals surface area contributed by atoms with E-state index in [1.54, 1.807) is 97.9 Å². The lowest BCUT2D eigenvalue weighted by Gasteiger charge is -2.44. The molecule has 74 heavy (non-hydrogen) atoms. The predicted molar refractivity (Wildman–Crippen MR) is 267 cm³/mol. The Bertz CT molecular complexity index is 2590. The molecule has 19 nitrogen and oxygen atoms in total. The van der Waals surface area contributed by atoms with Crippen LogP contribution in [-0.2, 0) is 47.5 Å². The van der Waals surface area contributed by atoms with Crippen LogP contribution >= 0.6 is 0 Å². The van der Waals surface area contributed by atoms with Crippen molar-refractivity contribution < 1.29 is 67.0 Å². The van der Waals surface area contributed by atoms with Crippen LogP contribution in [0.3, 0.4) is 0 Å². The molecule has 0 spiro atoms. The Kier molecular flexibility index (Phi) is 21.7. The van der Waals surface area contributed by atoms with Crippen molar-refractivity contribution in [3.05, 3.63) is 140 Å². The van der Waals surface area contributed by atoms with Crippen molar-refractivity contribution in [3.63, 3.8) is 0 Å². The van der Waals surface area contributed by atoms with Crippen molar-refractivity contribution in [1.82, 2.24) is 14.9 Å². The number of esters is 4. The van der Waals surface area contributed by atoms with Crippen LogP contribution in [0.2, 0.25) is 0 Å². The summed E-state index contributed by atoms with van der Waals surface area (Å²) in [6.07, 6.45) is -0.499. The predicted octanol–water partition coefficient (Wildman–Crippen LogP) is 6.51. The summed E-state index contributed by atoms with van der Waals surface area (Å²) in [6.45, 7) is 6.06. The van der Waals surface area contributed by atoms with Crippen molar-refractivity contribution in [3.8, 4) is 0 Å². The molecule has 1 aliphatic carbocycles. The molecular formula is C55H67N3O16. The van der Waals surface area contributed by atoms with Gasteiger partial charge in [-0.25, -0.2) is 19.2 Å². The fourth-order valence-corrected chi connectivity index (χ4v) is 9.03. The summed E-state index contributed by atoms with van der Waals surface area (Å²) in [6, 6.07) is 25.5. The van der Waals surface area contributed by atoms with Crippen molar-refractivity contribution in [2.45, 2.75) is 134 Å². The zero-order valence-electron chi connectivity index (χ0n) is 42.1. The van der Waals surface area contributed by atoms with Crippen LogP contribution < -0.4 is 16.6 Å². The number of ether oxygens (including phenoxy) is 7. The monoisotopic (exact) mass is 1030 g/mol. The van der Waals surface area contributed by atoms with Gasteiger partial charge in [0.1, 0.15) is 18.3 Å². The Labute approximate surface area is 429 Å². The quantitative estimate of drug-likeness (QED) is 0.0327. The van der Waals surface area contributed by atoms with Crippen LogP contribution in [0.1, 0.15) is 127 Å². The molecule has 19 heteroatoms. The lowest BCUT2D eigenvalue weighted by molar-refractivity contribution is -0.159. The van der Waals surface area contributed by atoms with Gasteiger partial charge in [0.05, 0.1) is 48.3 Å². The van der Waals surface area contributed by atoms with Crippen molar-refractivity contribution in [2.24, 2.45) is 11.8 Å². The molecule has 6 rings (SSSR count). The highest BCUT2D eigenvalue weighted by atomic mass is 16.6. The van der Waals surface area contributed by atoms with Crippen molar-refractivity contribution in [2.75, 3.05) is 26.4 Å². The highest BCUT2D eigenvalue weighted by Crippen LogP contribution is 2.38. The maximum absolute atomic E-state index is 13.6. The summed E-state index contributed by atoms with van der Waals surface area (Å²) >= 11 is 0. The Balaban J connectivity index is 0.968.